The number of hydrogen-bond acceptors (Lipinski definition) is 3. The van der Waals surface area contributed by atoms with E-state index in [0.29, 0.717) is 6.04 Å². The summed E-state index contributed by atoms with van der Waals surface area (Å²) in [6.07, 6.45) is 5.80. The van der Waals surface area contributed by atoms with Gasteiger partial charge in [-0.3, -0.25) is 4.98 Å². The zero-order valence-electron chi connectivity index (χ0n) is 11.9. The van der Waals surface area contributed by atoms with Gasteiger partial charge in [-0.05, 0) is 32.0 Å². The van der Waals surface area contributed by atoms with Crippen LogP contribution in [0.15, 0.2) is 30.6 Å². The van der Waals surface area contributed by atoms with E-state index < -0.39 is 0 Å². The highest BCUT2D eigenvalue weighted by Gasteiger charge is 2.13. The molecule has 1 atom stereocenters. The van der Waals surface area contributed by atoms with Crippen molar-refractivity contribution in [1.29, 1.82) is 0 Å². The molecule has 0 spiro atoms. The lowest BCUT2D eigenvalue weighted by Gasteiger charge is -2.17. The highest BCUT2D eigenvalue weighted by atomic mass is 15.0. The van der Waals surface area contributed by atoms with Gasteiger partial charge >= 0.3 is 0 Å². The lowest BCUT2D eigenvalue weighted by Crippen LogP contribution is -2.23. The molecule has 19 heavy (non-hydrogen) atoms. The summed E-state index contributed by atoms with van der Waals surface area (Å²) in [6, 6.07) is 6.49. The number of hydrogen-bond donors (Lipinski definition) is 1. The van der Waals surface area contributed by atoms with Gasteiger partial charge in [0.15, 0.2) is 0 Å². The number of aromatic nitrogens is 3. The third kappa shape index (κ3) is 3.64. The van der Waals surface area contributed by atoms with Gasteiger partial charge in [0.05, 0.1) is 5.69 Å². The Labute approximate surface area is 114 Å². The van der Waals surface area contributed by atoms with Gasteiger partial charge in [-0.1, -0.05) is 13.0 Å². The van der Waals surface area contributed by atoms with Crippen molar-refractivity contribution in [1.82, 2.24) is 19.9 Å². The molecule has 0 saturated heterocycles. The van der Waals surface area contributed by atoms with Crippen molar-refractivity contribution in [2.45, 2.75) is 32.7 Å². The quantitative estimate of drug-likeness (QED) is 0.865. The number of rotatable bonds is 6. The predicted octanol–water partition coefficient (Wildman–Crippen LogP) is 2.41. The third-order valence-corrected chi connectivity index (χ3v) is 3.29. The summed E-state index contributed by atoms with van der Waals surface area (Å²) in [5.41, 5.74) is 2.19. The highest BCUT2D eigenvalue weighted by molar-refractivity contribution is 5.13. The second-order valence-electron chi connectivity index (χ2n) is 4.81. The smallest absolute Gasteiger partial charge is 0.108 e. The van der Waals surface area contributed by atoms with Crippen LogP contribution in [-0.2, 0) is 13.5 Å². The molecule has 102 valence electrons. The molecule has 0 fully saturated rings. The van der Waals surface area contributed by atoms with Crippen LogP contribution in [0.3, 0.4) is 0 Å². The summed E-state index contributed by atoms with van der Waals surface area (Å²) in [5, 5.41) is 3.51. The van der Waals surface area contributed by atoms with Gasteiger partial charge in [0.2, 0.25) is 0 Å². The molecule has 0 aromatic carbocycles. The second-order valence-corrected chi connectivity index (χ2v) is 4.81. The Hall–Kier alpha value is -1.68. The first-order chi connectivity index (χ1) is 9.20. The maximum atomic E-state index is 4.62. The van der Waals surface area contributed by atoms with Crippen LogP contribution in [0.4, 0.5) is 0 Å². The standard InChI is InChI=1S/C15H22N4/c1-4-16-13(14-7-5-6-12(2)18-14)8-9-15-17-10-11-19(15)3/h5-7,10-11,13,16H,4,8-9H2,1-3H3. The minimum atomic E-state index is 0.293. The summed E-state index contributed by atoms with van der Waals surface area (Å²) in [5.74, 6) is 1.12. The van der Waals surface area contributed by atoms with Crippen LogP contribution in [0.5, 0.6) is 0 Å². The first-order valence-electron chi connectivity index (χ1n) is 6.84. The van der Waals surface area contributed by atoms with E-state index in [4.69, 9.17) is 0 Å². The van der Waals surface area contributed by atoms with Crippen LogP contribution < -0.4 is 5.32 Å². The first-order valence-corrected chi connectivity index (χ1v) is 6.84. The van der Waals surface area contributed by atoms with Crippen LogP contribution in [0.25, 0.3) is 0 Å². The Kier molecular flexibility index (Phi) is 4.68. The summed E-state index contributed by atoms with van der Waals surface area (Å²) < 4.78 is 2.08. The maximum Gasteiger partial charge on any atom is 0.108 e. The lowest BCUT2D eigenvalue weighted by atomic mass is 10.1. The highest BCUT2D eigenvalue weighted by Crippen LogP contribution is 2.17. The van der Waals surface area contributed by atoms with Gasteiger partial charge in [0.25, 0.3) is 0 Å². The molecule has 4 nitrogen and oxygen atoms in total. The Bertz CT molecular complexity index is 518. The van der Waals surface area contributed by atoms with Crippen molar-refractivity contribution in [2.24, 2.45) is 7.05 Å². The molecule has 2 heterocycles. The van der Waals surface area contributed by atoms with Gasteiger partial charge < -0.3 is 9.88 Å². The molecule has 0 amide bonds. The number of imidazole rings is 1. The molecular formula is C15H22N4. The van der Waals surface area contributed by atoms with E-state index in [1.807, 2.05) is 32.4 Å². The Morgan fingerprint density at radius 2 is 2.21 bits per heavy atom. The van der Waals surface area contributed by atoms with E-state index >= 15 is 0 Å². The van der Waals surface area contributed by atoms with Crippen LogP contribution in [-0.4, -0.2) is 21.1 Å². The SMILES string of the molecule is CCNC(CCc1nccn1C)c1cccc(C)n1. The Morgan fingerprint density at radius 1 is 1.37 bits per heavy atom. The number of aryl methyl sites for hydroxylation is 3. The van der Waals surface area contributed by atoms with Gasteiger partial charge in [-0.15, -0.1) is 0 Å². The lowest BCUT2D eigenvalue weighted by molar-refractivity contribution is 0.494. The second kappa shape index (κ2) is 6.48. The van der Waals surface area contributed by atoms with Crippen LogP contribution in [0.2, 0.25) is 0 Å². The molecule has 2 aromatic heterocycles. The molecule has 1 N–H and O–H groups in total. The fourth-order valence-corrected chi connectivity index (χ4v) is 2.27. The van der Waals surface area contributed by atoms with Gasteiger partial charge in [-0.2, -0.15) is 0 Å². The minimum absolute atomic E-state index is 0.293. The summed E-state index contributed by atoms with van der Waals surface area (Å²) >= 11 is 0. The third-order valence-electron chi connectivity index (χ3n) is 3.29. The summed E-state index contributed by atoms with van der Waals surface area (Å²) in [4.78, 5) is 9.00. The van der Waals surface area contributed by atoms with Crippen molar-refractivity contribution in [3.05, 3.63) is 47.8 Å². The molecule has 0 radical (unpaired) electrons. The fraction of sp³-hybridized carbons (Fsp3) is 0.467. The Balaban J connectivity index is 2.06. The fourth-order valence-electron chi connectivity index (χ4n) is 2.27. The molecule has 0 aliphatic rings. The topological polar surface area (TPSA) is 42.7 Å². The average molecular weight is 258 g/mol. The Morgan fingerprint density at radius 3 is 2.84 bits per heavy atom. The minimum Gasteiger partial charge on any atom is -0.338 e. The molecule has 0 bridgehead atoms. The predicted molar refractivity (Wildman–Crippen MR) is 76.9 cm³/mol. The zero-order valence-corrected chi connectivity index (χ0v) is 11.9. The van der Waals surface area contributed by atoms with Crippen molar-refractivity contribution < 1.29 is 0 Å². The van der Waals surface area contributed by atoms with Gasteiger partial charge in [0.1, 0.15) is 5.82 Å². The first kappa shape index (κ1) is 13.7. The largest absolute Gasteiger partial charge is 0.338 e. The summed E-state index contributed by atoms with van der Waals surface area (Å²) in [6.45, 7) is 5.11. The van der Waals surface area contributed by atoms with Gasteiger partial charge in [0, 0.05) is 37.6 Å². The molecule has 2 aromatic rings. The number of pyridine rings is 1. The van der Waals surface area contributed by atoms with Crippen molar-refractivity contribution in [3.63, 3.8) is 0 Å². The molecule has 0 aliphatic carbocycles. The van der Waals surface area contributed by atoms with E-state index in [1.165, 1.54) is 0 Å². The van der Waals surface area contributed by atoms with Crippen LogP contribution >= 0.6 is 0 Å². The molecule has 1 unspecified atom stereocenters. The van der Waals surface area contributed by atoms with E-state index in [9.17, 15) is 0 Å². The average Bonchev–Trinajstić information content (AvgIpc) is 2.80. The van der Waals surface area contributed by atoms with Crippen LogP contribution in [0.1, 0.15) is 36.6 Å². The monoisotopic (exact) mass is 258 g/mol. The molecule has 4 heteroatoms. The van der Waals surface area contributed by atoms with E-state index in [0.717, 1.165) is 36.6 Å². The zero-order chi connectivity index (χ0) is 13.7. The van der Waals surface area contributed by atoms with Crippen molar-refractivity contribution in [2.75, 3.05) is 6.54 Å². The maximum absolute atomic E-state index is 4.62. The number of nitrogens with one attached hydrogen (secondary N) is 1. The molecule has 0 aliphatic heterocycles. The summed E-state index contributed by atoms with van der Waals surface area (Å²) in [7, 11) is 2.04. The van der Waals surface area contributed by atoms with E-state index in [2.05, 4.69) is 38.9 Å². The van der Waals surface area contributed by atoms with Gasteiger partial charge in [-0.25, -0.2) is 4.98 Å². The number of nitrogens with zero attached hydrogens (tertiary/aromatic N) is 3. The van der Waals surface area contributed by atoms with Crippen LogP contribution in [0, 0.1) is 6.92 Å². The van der Waals surface area contributed by atoms with E-state index in [1.54, 1.807) is 0 Å². The van der Waals surface area contributed by atoms with E-state index in [-0.39, 0.29) is 0 Å². The molecule has 2 rings (SSSR count). The van der Waals surface area contributed by atoms with Crippen molar-refractivity contribution >= 4 is 0 Å². The molecule has 0 saturated carbocycles. The van der Waals surface area contributed by atoms with Crippen molar-refractivity contribution in [3.8, 4) is 0 Å². The molecular weight excluding hydrogens is 236 g/mol. The normalized spacial score (nSPS) is 12.6.